The van der Waals surface area contributed by atoms with Gasteiger partial charge in [-0.05, 0) is 91.8 Å². The molecule has 23 nitrogen and oxygen atoms in total. The van der Waals surface area contributed by atoms with Crippen LogP contribution in [0.15, 0.2) is 48.6 Å². The molecule has 0 aliphatic heterocycles. The predicted octanol–water partition coefficient (Wildman–Crippen LogP) is 4.63. The van der Waals surface area contributed by atoms with Gasteiger partial charge in [0.25, 0.3) is 11.8 Å². The highest BCUT2D eigenvalue weighted by Gasteiger charge is 2.25. The lowest BCUT2D eigenvalue weighted by atomic mass is 10.1. The molecule has 0 saturated heterocycles. The Morgan fingerprint density at radius 1 is 0.725 bits per heavy atom. The second-order valence-corrected chi connectivity index (χ2v) is 16.8. The summed E-state index contributed by atoms with van der Waals surface area (Å²) in [7, 11) is 1.44. The summed E-state index contributed by atoms with van der Waals surface area (Å²) in [5, 5.41) is 17.0. The van der Waals surface area contributed by atoms with Crippen LogP contribution >= 0.6 is 0 Å². The molecule has 0 aliphatic rings. The van der Waals surface area contributed by atoms with E-state index in [2.05, 4.69) is 31.1 Å². The molecule has 366 valence electrons. The first-order chi connectivity index (χ1) is 32.7. The number of carbonyl (C=O) groups is 6. The molecule has 6 aromatic rings. The van der Waals surface area contributed by atoms with Gasteiger partial charge in [0.15, 0.2) is 0 Å². The summed E-state index contributed by atoms with van der Waals surface area (Å²) in [6.45, 7) is 14.8. The molecule has 1 atom stereocenters. The summed E-state index contributed by atoms with van der Waals surface area (Å²) in [5.74, 6) is -2.41. The minimum Gasteiger partial charge on any atom is -0.494 e. The number of hydrogen-bond donors (Lipinski definition) is 5. The normalized spacial score (nSPS) is 12.0. The number of alkyl carbamates (subject to hydrolysis) is 1. The molecule has 6 rings (SSSR count). The van der Waals surface area contributed by atoms with E-state index < -0.39 is 47.3 Å². The van der Waals surface area contributed by atoms with Crippen LogP contribution in [0.1, 0.15) is 101 Å². The van der Waals surface area contributed by atoms with E-state index in [0.717, 1.165) is 0 Å². The SMILES string of the molecule is CCn1nc(C)cc1C(=O)Nc1nc2cc(C(N)=O)cc(OC)c2n1C/C=C/Cn1c(NC(=O)c2cc(C)nn2CC)nc2cc(C(N)=O)cc(OCCCOC(=O)[C@H](C)NC(=O)OC(C)(C)C)c21. The topological polar surface area (TPSA) is 299 Å². The first-order valence-corrected chi connectivity index (χ1v) is 22.1. The lowest BCUT2D eigenvalue weighted by Crippen LogP contribution is -2.42. The Morgan fingerprint density at radius 2 is 1.20 bits per heavy atom. The molecular formula is C46H57N13O10. The van der Waals surface area contributed by atoms with Crippen LogP contribution in [0.2, 0.25) is 0 Å². The van der Waals surface area contributed by atoms with Gasteiger partial charge >= 0.3 is 12.1 Å². The molecule has 0 aliphatic carbocycles. The quantitative estimate of drug-likeness (QED) is 0.0396. The van der Waals surface area contributed by atoms with Crippen LogP contribution < -0.4 is 36.9 Å². The molecule has 7 N–H and O–H groups in total. The first-order valence-electron chi connectivity index (χ1n) is 22.1. The van der Waals surface area contributed by atoms with Crippen LogP contribution in [0.4, 0.5) is 16.7 Å². The van der Waals surface area contributed by atoms with E-state index in [4.69, 9.17) is 35.4 Å². The van der Waals surface area contributed by atoms with Crippen molar-refractivity contribution in [3.63, 3.8) is 0 Å². The minimum absolute atomic E-state index is 0.00371. The van der Waals surface area contributed by atoms with Crippen molar-refractivity contribution in [3.05, 3.63) is 82.5 Å². The number of anilines is 2. The third-order valence-corrected chi connectivity index (χ3v) is 10.3. The number of nitrogens with zero attached hydrogens (tertiary/aromatic N) is 8. The van der Waals surface area contributed by atoms with Gasteiger partial charge in [-0.2, -0.15) is 10.2 Å². The molecule has 0 fully saturated rings. The van der Waals surface area contributed by atoms with Gasteiger partial charge in [0.1, 0.15) is 45.6 Å². The number of aromatic nitrogens is 8. The van der Waals surface area contributed by atoms with E-state index in [1.807, 2.05) is 13.8 Å². The number of nitrogens with one attached hydrogen (secondary N) is 3. The number of hydrogen-bond acceptors (Lipinski definition) is 14. The van der Waals surface area contributed by atoms with Gasteiger partial charge in [-0.3, -0.25) is 39.2 Å². The fourth-order valence-corrected chi connectivity index (χ4v) is 7.27. The lowest BCUT2D eigenvalue weighted by Gasteiger charge is -2.21. The number of allylic oxidation sites excluding steroid dienone is 2. The predicted molar refractivity (Wildman–Crippen MR) is 253 cm³/mol. The third-order valence-electron chi connectivity index (χ3n) is 10.3. The molecular weight excluding hydrogens is 895 g/mol. The van der Waals surface area contributed by atoms with E-state index in [0.29, 0.717) is 46.7 Å². The van der Waals surface area contributed by atoms with Gasteiger partial charge in [0.05, 0.1) is 42.7 Å². The van der Waals surface area contributed by atoms with Gasteiger partial charge in [-0.25, -0.2) is 19.6 Å². The van der Waals surface area contributed by atoms with Crippen LogP contribution in [0.25, 0.3) is 22.1 Å². The van der Waals surface area contributed by atoms with E-state index in [9.17, 15) is 28.8 Å². The van der Waals surface area contributed by atoms with Gasteiger partial charge in [-0.15, -0.1) is 0 Å². The summed E-state index contributed by atoms with van der Waals surface area (Å²) < 4.78 is 29.0. The Balaban J connectivity index is 1.33. The van der Waals surface area contributed by atoms with Crippen molar-refractivity contribution in [3.8, 4) is 11.5 Å². The molecule has 2 aromatic carbocycles. The number of carbonyl (C=O) groups excluding carboxylic acids is 6. The number of primary amides is 2. The Morgan fingerprint density at radius 3 is 1.65 bits per heavy atom. The fraction of sp³-hybridized carbons (Fsp3) is 0.391. The number of ether oxygens (including phenoxy) is 4. The molecule has 0 spiro atoms. The maximum absolute atomic E-state index is 13.9. The van der Waals surface area contributed by atoms with Crippen molar-refractivity contribution in [1.82, 2.24) is 44.0 Å². The number of imidazole rings is 2. The van der Waals surface area contributed by atoms with Gasteiger partial charge in [0, 0.05) is 43.7 Å². The Hall–Kier alpha value is -8.24. The largest absolute Gasteiger partial charge is 0.494 e. The van der Waals surface area contributed by atoms with Gasteiger partial charge in [-0.1, -0.05) is 12.2 Å². The fourth-order valence-electron chi connectivity index (χ4n) is 7.27. The second-order valence-electron chi connectivity index (χ2n) is 16.8. The summed E-state index contributed by atoms with van der Waals surface area (Å²) in [4.78, 5) is 86.6. The monoisotopic (exact) mass is 951 g/mol. The highest BCUT2D eigenvalue weighted by molar-refractivity contribution is 6.05. The molecule has 0 saturated carbocycles. The number of methoxy groups -OCH3 is 1. The first kappa shape index (κ1) is 50.2. The zero-order valence-corrected chi connectivity index (χ0v) is 40.0. The van der Waals surface area contributed by atoms with Crippen LogP contribution in [0, 0.1) is 13.8 Å². The zero-order valence-electron chi connectivity index (χ0n) is 40.0. The van der Waals surface area contributed by atoms with Gasteiger partial charge < -0.3 is 44.9 Å². The zero-order chi connectivity index (χ0) is 50.3. The molecule has 69 heavy (non-hydrogen) atoms. The van der Waals surface area contributed by atoms with Gasteiger partial charge in [0.2, 0.25) is 23.7 Å². The lowest BCUT2D eigenvalue weighted by molar-refractivity contribution is -0.145. The molecule has 0 unspecified atom stereocenters. The molecule has 23 heteroatoms. The molecule has 0 bridgehead atoms. The number of fused-ring (bicyclic) bond motifs is 2. The second kappa shape index (κ2) is 21.2. The standard InChI is InChI=1S/C46H57N13O10/c1-10-58-32(19-25(3)54-58)40(62)52-43-50-30-21-28(38(47)60)23-34(66-9)36(30)56(43)15-12-13-16-57-37-31(51-44(57)53-41(63)33-20-26(4)55-59(33)11-2)22-29(39(48)61)24-35(37)67-17-14-18-68-42(64)27(5)49-45(65)69-46(6,7)8/h12-13,19-24,27H,10-11,14-18H2,1-9H3,(H2,47,60)(H2,48,61)(H,49,65)(H,50,52,62)(H,51,53,63)/b13-12+/t27-/m0/s1. The van der Waals surface area contributed by atoms with Crippen LogP contribution in [0.3, 0.4) is 0 Å². The highest BCUT2D eigenvalue weighted by Crippen LogP contribution is 2.33. The summed E-state index contributed by atoms with van der Waals surface area (Å²) in [6.07, 6.45) is 3.01. The van der Waals surface area contributed by atoms with E-state index in [1.165, 1.54) is 38.3 Å². The molecule has 5 amide bonds. The highest BCUT2D eigenvalue weighted by atomic mass is 16.6. The Labute approximate surface area is 396 Å². The smallest absolute Gasteiger partial charge is 0.408 e. The van der Waals surface area contributed by atoms with E-state index >= 15 is 0 Å². The number of aryl methyl sites for hydroxylation is 4. The van der Waals surface area contributed by atoms with Crippen molar-refractivity contribution in [2.45, 2.75) is 99.6 Å². The average Bonchev–Trinajstić information content (AvgIpc) is 4.05. The number of rotatable bonds is 20. The number of benzene rings is 2. The Kier molecular flexibility index (Phi) is 15.4. The third kappa shape index (κ3) is 11.8. The van der Waals surface area contributed by atoms with Crippen molar-refractivity contribution >= 4 is 69.7 Å². The molecule has 4 heterocycles. The maximum atomic E-state index is 13.9. The molecule has 4 aromatic heterocycles. The van der Waals surface area contributed by atoms with E-state index in [1.54, 1.807) is 77.4 Å². The van der Waals surface area contributed by atoms with Crippen molar-refractivity contribution in [2.75, 3.05) is 31.0 Å². The number of amides is 5. The van der Waals surface area contributed by atoms with E-state index in [-0.39, 0.29) is 78.5 Å². The average molecular weight is 952 g/mol. The Bertz CT molecular complexity index is 2970. The number of nitrogens with two attached hydrogens (primary N) is 2. The molecule has 0 radical (unpaired) electrons. The summed E-state index contributed by atoms with van der Waals surface area (Å²) in [5.41, 5.74) is 14.2. The maximum Gasteiger partial charge on any atom is 0.408 e. The van der Waals surface area contributed by atoms with Crippen LogP contribution in [-0.4, -0.2) is 106 Å². The van der Waals surface area contributed by atoms with Crippen molar-refractivity contribution in [1.29, 1.82) is 0 Å². The minimum atomic E-state index is -0.987. The summed E-state index contributed by atoms with van der Waals surface area (Å²) >= 11 is 0. The number of esters is 1. The van der Waals surface area contributed by atoms with Crippen molar-refractivity contribution in [2.24, 2.45) is 11.5 Å². The summed E-state index contributed by atoms with van der Waals surface area (Å²) in [6, 6.07) is 8.25. The van der Waals surface area contributed by atoms with Crippen LogP contribution in [-0.2, 0) is 40.4 Å². The van der Waals surface area contributed by atoms with Crippen molar-refractivity contribution < 1.29 is 47.7 Å². The van der Waals surface area contributed by atoms with Crippen LogP contribution in [0.5, 0.6) is 11.5 Å².